The van der Waals surface area contributed by atoms with Crippen LogP contribution in [0.1, 0.15) is 27.3 Å². The molecular formula is C26H24N4O5. The van der Waals surface area contributed by atoms with Crippen LogP contribution in [0.25, 0.3) is 11.8 Å². The number of ether oxygens (including phenoxy) is 2. The molecule has 0 saturated carbocycles. The number of nitrogens with zero attached hydrogens (tertiary/aromatic N) is 2. The summed E-state index contributed by atoms with van der Waals surface area (Å²) < 4.78 is 12.2. The maximum atomic E-state index is 12.4. The quantitative estimate of drug-likeness (QED) is 0.293. The van der Waals surface area contributed by atoms with E-state index in [-0.39, 0.29) is 5.57 Å². The van der Waals surface area contributed by atoms with Crippen LogP contribution in [0.2, 0.25) is 0 Å². The summed E-state index contributed by atoms with van der Waals surface area (Å²) >= 11 is 0. The average Bonchev–Trinajstić information content (AvgIpc) is 3.13. The molecule has 1 aromatic heterocycles. The standard InChI is InChI=1S/C26H24N4O5/c1-16-12-19(17(2)30(16)22-8-10-23(34-3)11-9-22)13-20(14-27)26(33)35-15-24(31)29-21-6-4-18(5-7-21)25(28)32/h4-13H,15H2,1-3H3,(H2,28,32)(H,29,31)/b20-13+. The number of nitriles is 1. The van der Waals surface area contributed by atoms with Crippen LogP contribution in [0.15, 0.2) is 60.2 Å². The Morgan fingerprint density at radius 2 is 1.74 bits per heavy atom. The number of nitrogens with one attached hydrogen (secondary N) is 1. The molecular weight excluding hydrogens is 448 g/mol. The molecule has 2 amide bonds. The van der Waals surface area contributed by atoms with Gasteiger partial charge in [-0.2, -0.15) is 5.26 Å². The number of rotatable bonds is 8. The van der Waals surface area contributed by atoms with Crippen LogP contribution in [0.4, 0.5) is 5.69 Å². The summed E-state index contributed by atoms with van der Waals surface area (Å²) in [5, 5.41) is 12.0. The van der Waals surface area contributed by atoms with Gasteiger partial charge in [0.25, 0.3) is 5.91 Å². The minimum atomic E-state index is -0.916. The highest BCUT2D eigenvalue weighted by Gasteiger charge is 2.16. The Kier molecular flexibility index (Phi) is 7.69. The van der Waals surface area contributed by atoms with Gasteiger partial charge in [0, 0.05) is 28.3 Å². The molecule has 0 spiro atoms. The van der Waals surface area contributed by atoms with Gasteiger partial charge in [-0.15, -0.1) is 0 Å². The molecule has 0 unspecified atom stereocenters. The van der Waals surface area contributed by atoms with Crippen LogP contribution >= 0.6 is 0 Å². The number of esters is 1. The first kappa shape index (κ1) is 24.8. The van der Waals surface area contributed by atoms with Crippen molar-refractivity contribution in [3.8, 4) is 17.5 Å². The summed E-state index contributed by atoms with van der Waals surface area (Å²) in [4.78, 5) is 35.7. The van der Waals surface area contributed by atoms with Crippen LogP contribution in [-0.4, -0.2) is 36.1 Å². The van der Waals surface area contributed by atoms with Gasteiger partial charge in [0.15, 0.2) is 6.61 Å². The van der Waals surface area contributed by atoms with Crippen LogP contribution in [-0.2, 0) is 14.3 Å². The number of carbonyl (C=O) groups excluding carboxylic acids is 3. The topological polar surface area (TPSA) is 136 Å². The first-order chi connectivity index (χ1) is 16.7. The van der Waals surface area contributed by atoms with E-state index < -0.39 is 24.4 Å². The SMILES string of the molecule is COc1ccc(-n2c(C)cc(/C=C(\C#N)C(=O)OCC(=O)Nc3ccc(C(N)=O)cc3)c2C)cc1. The lowest BCUT2D eigenvalue weighted by Gasteiger charge is -2.10. The van der Waals surface area contributed by atoms with Crippen molar-refractivity contribution in [1.29, 1.82) is 5.26 Å². The minimum absolute atomic E-state index is 0.237. The Bertz CT molecular complexity index is 1330. The van der Waals surface area contributed by atoms with E-state index in [2.05, 4.69) is 5.32 Å². The Balaban J connectivity index is 1.69. The van der Waals surface area contributed by atoms with Crippen LogP contribution in [0.3, 0.4) is 0 Å². The highest BCUT2D eigenvalue weighted by Crippen LogP contribution is 2.24. The predicted molar refractivity (Wildman–Crippen MR) is 130 cm³/mol. The normalized spacial score (nSPS) is 10.9. The third kappa shape index (κ3) is 5.94. The van der Waals surface area contributed by atoms with E-state index in [9.17, 15) is 19.6 Å². The third-order valence-corrected chi connectivity index (χ3v) is 5.23. The van der Waals surface area contributed by atoms with Crippen LogP contribution in [0, 0.1) is 25.2 Å². The van der Waals surface area contributed by atoms with Gasteiger partial charge in [0.05, 0.1) is 7.11 Å². The monoisotopic (exact) mass is 472 g/mol. The number of benzene rings is 2. The van der Waals surface area contributed by atoms with E-state index >= 15 is 0 Å². The Hall–Kier alpha value is -4.84. The number of hydrogen-bond acceptors (Lipinski definition) is 6. The molecule has 0 fully saturated rings. The van der Waals surface area contributed by atoms with Crippen molar-refractivity contribution in [3.05, 3.63) is 82.7 Å². The zero-order valence-electron chi connectivity index (χ0n) is 19.5. The first-order valence-electron chi connectivity index (χ1n) is 10.6. The molecule has 1 heterocycles. The lowest BCUT2D eigenvalue weighted by Crippen LogP contribution is -2.21. The van der Waals surface area contributed by atoms with Gasteiger partial charge < -0.3 is 25.1 Å². The van der Waals surface area contributed by atoms with Crippen molar-refractivity contribution in [2.24, 2.45) is 5.73 Å². The average molecular weight is 473 g/mol. The molecule has 0 atom stereocenters. The molecule has 0 aliphatic carbocycles. The third-order valence-electron chi connectivity index (χ3n) is 5.23. The predicted octanol–water partition coefficient (Wildman–Crippen LogP) is 3.29. The lowest BCUT2D eigenvalue weighted by atomic mass is 10.1. The van der Waals surface area contributed by atoms with Crippen molar-refractivity contribution < 1.29 is 23.9 Å². The fraction of sp³-hybridized carbons (Fsp3) is 0.154. The summed E-state index contributed by atoms with van der Waals surface area (Å²) in [6.45, 7) is 3.21. The number of hydrogen-bond donors (Lipinski definition) is 2. The van der Waals surface area contributed by atoms with E-state index in [1.807, 2.05) is 54.8 Å². The number of aromatic nitrogens is 1. The number of aryl methyl sites for hydroxylation is 1. The summed E-state index contributed by atoms with van der Waals surface area (Å²) in [6.07, 6.45) is 1.44. The van der Waals surface area contributed by atoms with Crippen molar-refractivity contribution in [2.75, 3.05) is 19.0 Å². The first-order valence-corrected chi connectivity index (χ1v) is 10.6. The second kappa shape index (κ2) is 10.9. The molecule has 9 nitrogen and oxygen atoms in total. The van der Waals surface area contributed by atoms with E-state index in [0.717, 1.165) is 22.8 Å². The Labute approximate surface area is 202 Å². The largest absolute Gasteiger partial charge is 0.497 e. The van der Waals surface area contributed by atoms with Gasteiger partial charge in [-0.1, -0.05) is 0 Å². The second-order valence-electron chi connectivity index (χ2n) is 7.60. The molecule has 0 aliphatic heterocycles. The fourth-order valence-corrected chi connectivity index (χ4v) is 3.48. The zero-order chi connectivity index (χ0) is 25.5. The summed E-state index contributed by atoms with van der Waals surface area (Å²) in [5.41, 5.74) is 8.95. The second-order valence-corrected chi connectivity index (χ2v) is 7.60. The molecule has 3 N–H and O–H groups in total. The van der Waals surface area contributed by atoms with E-state index in [4.69, 9.17) is 15.2 Å². The Morgan fingerprint density at radius 1 is 1.09 bits per heavy atom. The molecule has 9 heteroatoms. The number of anilines is 1. The highest BCUT2D eigenvalue weighted by atomic mass is 16.5. The van der Waals surface area contributed by atoms with Gasteiger partial charge in [-0.3, -0.25) is 9.59 Å². The molecule has 0 bridgehead atoms. The van der Waals surface area contributed by atoms with Crippen molar-refractivity contribution in [3.63, 3.8) is 0 Å². The number of amides is 2. The molecule has 35 heavy (non-hydrogen) atoms. The molecule has 178 valence electrons. The Morgan fingerprint density at radius 3 is 2.31 bits per heavy atom. The van der Waals surface area contributed by atoms with Crippen molar-refractivity contribution in [1.82, 2.24) is 4.57 Å². The van der Waals surface area contributed by atoms with Crippen molar-refractivity contribution >= 4 is 29.5 Å². The zero-order valence-corrected chi connectivity index (χ0v) is 19.5. The molecule has 2 aromatic carbocycles. The van der Waals surface area contributed by atoms with Crippen LogP contribution in [0.5, 0.6) is 5.75 Å². The fourth-order valence-electron chi connectivity index (χ4n) is 3.48. The number of nitrogens with two attached hydrogens (primary N) is 1. The molecule has 0 aliphatic rings. The van der Waals surface area contributed by atoms with E-state index in [1.54, 1.807) is 7.11 Å². The van der Waals surface area contributed by atoms with E-state index in [1.165, 1.54) is 30.3 Å². The van der Waals surface area contributed by atoms with Gasteiger partial charge in [0.1, 0.15) is 17.4 Å². The summed E-state index contributed by atoms with van der Waals surface area (Å²) in [7, 11) is 1.60. The minimum Gasteiger partial charge on any atom is -0.497 e. The summed E-state index contributed by atoms with van der Waals surface area (Å²) in [5.74, 6) is -1.36. The number of methoxy groups -OCH3 is 1. The number of carbonyl (C=O) groups is 3. The van der Waals surface area contributed by atoms with Gasteiger partial charge in [-0.25, -0.2) is 4.79 Å². The van der Waals surface area contributed by atoms with Crippen LogP contribution < -0.4 is 15.8 Å². The maximum Gasteiger partial charge on any atom is 0.349 e. The van der Waals surface area contributed by atoms with E-state index in [0.29, 0.717) is 16.8 Å². The van der Waals surface area contributed by atoms with Gasteiger partial charge in [-0.05, 0) is 80.1 Å². The van der Waals surface area contributed by atoms with Crippen molar-refractivity contribution in [2.45, 2.75) is 13.8 Å². The molecule has 3 rings (SSSR count). The molecule has 3 aromatic rings. The van der Waals surface area contributed by atoms with Gasteiger partial charge in [0.2, 0.25) is 5.91 Å². The lowest BCUT2D eigenvalue weighted by molar-refractivity contribution is -0.142. The number of primary amides is 1. The molecule has 0 radical (unpaired) electrons. The summed E-state index contributed by atoms with van der Waals surface area (Å²) in [6, 6.07) is 17.1. The smallest absolute Gasteiger partial charge is 0.349 e. The van der Waals surface area contributed by atoms with Gasteiger partial charge >= 0.3 is 5.97 Å². The molecule has 0 saturated heterocycles. The highest BCUT2D eigenvalue weighted by molar-refractivity contribution is 6.00. The maximum absolute atomic E-state index is 12.4.